The second kappa shape index (κ2) is 10.7. The molecule has 3 heterocycles. The number of carbonyl (C=O) groups is 1. The summed E-state index contributed by atoms with van der Waals surface area (Å²) in [4.78, 5) is 23.7. The molecule has 0 bridgehead atoms. The normalized spacial score (nSPS) is 20.3. The molecule has 0 atom stereocenters. The summed E-state index contributed by atoms with van der Waals surface area (Å²) in [5.74, 6) is 2.24. The van der Waals surface area contributed by atoms with E-state index in [9.17, 15) is 4.79 Å². The molecule has 0 unspecified atom stereocenters. The second-order valence-corrected chi connectivity index (χ2v) is 12.1. The summed E-state index contributed by atoms with van der Waals surface area (Å²) in [7, 11) is 0. The van der Waals surface area contributed by atoms with Crippen LogP contribution in [0.25, 0.3) is 0 Å². The first-order valence-electron chi connectivity index (χ1n) is 12.5. The number of carboxylic acid groups (broad SMARTS) is 1. The summed E-state index contributed by atoms with van der Waals surface area (Å²) in [6.45, 7) is 0. The van der Waals surface area contributed by atoms with Gasteiger partial charge in [-0.25, -0.2) is 0 Å². The first-order valence-corrected chi connectivity index (χ1v) is 14.1. The van der Waals surface area contributed by atoms with Crippen molar-refractivity contribution < 1.29 is 19.6 Å². The Kier molecular flexibility index (Phi) is 7.54. The van der Waals surface area contributed by atoms with E-state index in [-0.39, 0.29) is 5.41 Å². The first-order chi connectivity index (χ1) is 18.3. The third-order valence-electron chi connectivity index (χ3n) is 7.33. The highest BCUT2D eigenvalue weighted by Crippen LogP contribution is 2.53. The quantitative estimate of drug-likeness (QED) is 0.140. The molecule has 38 heavy (non-hydrogen) atoms. The van der Waals surface area contributed by atoms with Gasteiger partial charge < -0.3 is 20.6 Å². The third-order valence-corrected chi connectivity index (χ3v) is 8.20. The van der Waals surface area contributed by atoms with E-state index < -0.39 is 11.4 Å². The molecule has 10 nitrogen and oxygen atoms in total. The fourth-order valence-electron chi connectivity index (χ4n) is 4.25. The minimum atomic E-state index is -0.743. The molecule has 0 aromatic carbocycles. The number of hydrogen-bond acceptors (Lipinski definition) is 8. The predicted octanol–water partition coefficient (Wildman–Crippen LogP) is 5.29. The Bertz CT molecular complexity index is 1350. The van der Waals surface area contributed by atoms with E-state index in [0.717, 1.165) is 64.7 Å². The molecule has 12 heteroatoms. The fourth-order valence-corrected chi connectivity index (χ4v) is 4.98. The van der Waals surface area contributed by atoms with E-state index in [1.165, 1.54) is 18.4 Å². The summed E-state index contributed by atoms with van der Waals surface area (Å²) < 4.78 is 7.31. The smallest absolute Gasteiger partial charge is 0.314 e. The summed E-state index contributed by atoms with van der Waals surface area (Å²) in [6, 6.07) is 3.93. The van der Waals surface area contributed by atoms with Crippen LogP contribution in [-0.2, 0) is 15.6 Å². The Balaban J connectivity index is 0.000000129. The fraction of sp³-hybridized carbons (Fsp3) is 0.462. The topological polar surface area (TPSA) is 161 Å². The number of carboxylic acids is 1. The van der Waals surface area contributed by atoms with Crippen LogP contribution in [0.5, 0.6) is 0 Å². The van der Waals surface area contributed by atoms with Crippen LogP contribution >= 0.6 is 31.9 Å². The van der Waals surface area contributed by atoms with Gasteiger partial charge in [0.2, 0.25) is 5.89 Å². The number of nitrogens with zero attached hydrogens (tertiary/aromatic N) is 5. The van der Waals surface area contributed by atoms with Gasteiger partial charge in [0.05, 0.1) is 10.8 Å². The molecule has 0 radical (unpaired) electrons. The van der Waals surface area contributed by atoms with E-state index >= 15 is 0 Å². The van der Waals surface area contributed by atoms with E-state index in [4.69, 9.17) is 20.6 Å². The molecule has 0 spiro atoms. The Labute approximate surface area is 236 Å². The van der Waals surface area contributed by atoms with E-state index in [1.807, 2.05) is 12.3 Å². The highest BCUT2D eigenvalue weighted by Gasteiger charge is 2.52. The number of hydrogen-bond donors (Lipinski definition) is 3. The standard InChI is InChI=1S/C13H12BrN3O.C9H8BrNO2.C4H8N2O/c14-10-5-9(6-15-7-10)13(3-4-13)12-16-11(17-18-12)8-1-2-8;10-7-3-6(4-11-5-7)9(1-2-9)8(12)13;5-4(6-7)3-1-2-3/h5-8H,1-4H2;3-5H,1-2H2,(H,12,13);3,7H,1-2H2,(H2,5,6). The largest absolute Gasteiger partial charge is 0.481 e. The zero-order valence-corrected chi connectivity index (χ0v) is 23.7. The molecular formula is C26H28Br2N6O4. The highest BCUT2D eigenvalue weighted by atomic mass is 79.9. The lowest BCUT2D eigenvalue weighted by Gasteiger charge is -2.09. The molecule has 200 valence electrons. The Morgan fingerprint density at radius 1 is 0.974 bits per heavy atom. The molecule has 4 aliphatic rings. The lowest BCUT2D eigenvalue weighted by molar-refractivity contribution is -0.140. The van der Waals surface area contributed by atoms with Crippen LogP contribution in [0.15, 0.2) is 55.5 Å². The SMILES string of the molecule is Brc1cncc(C2(c3nc(C4CC4)no3)CC2)c1.N/C(=N/O)C1CC1.O=C(O)C1(c2cncc(Br)c2)CC1. The molecule has 7 rings (SSSR count). The van der Waals surface area contributed by atoms with Crippen molar-refractivity contribution in [1.82, 2.24) is 20.1 Å². The maximum atomic E-state index is 11.0. The Hall–Kier alpha value is -2.86. The van der Waals surface area contributed by atoms with Gasteiger partial charge in [-0.05, 0) is 106 Å². The van der Waals surface area contributed by atoms with Crippen LogP contribution in [0.3, 0.4) is 0 Å². The van der Waals surface area contributed by atoms with Crippen molar-refractivity contribution in [2.45, 2.75) is 68.1 Å². The van der Waals surface area contributed by atoms with Gasteiger partial charge >= 0.3 is 5.97 Å². The maximum absolute atomic E-state index is 11.0. The molecule has 0 aliphatic heterocycles. The predicted molar refractivity (Wildman–Crippen MR) is 145 cm³/mol. The summed E-state index contributed by atoms with van der Waals surface area (Å²) in [5, 5.41) is 24.0. The zero-order chi connectivity index (χ0) is 26.9. The lowest BCUT2D eigenvalue weighted by Crippen LogP contribution is -2.19. The van der Waals surface area contributed by atoms with Gasteiger partial charge in [0.1, 0.15) is 5.84 Å². The van der Waals surface area contributed by atoms with Crippen LogP contribution in [0.4, 0.5) is 0 Å². The van der Waals surface area contributed by atoms with E-state index in [0.29, 0.717) is 17.7 Å². The number of nitrogens with two attached hydrogens (primary N) is 1. The van der Waals surface area contributed by atoms with Gasteiger partial charge in [0.25, 0.3) is 0 Å². The summed E-state index contributed by atoms with van der Waals surface area (Å²) >= 11 is 6.74. The van der Waals surface area contributed by atoms with Gasteiger partial charge in [0, 0.05) is 45.6 Å². The molecule has 4 aliphatic carbocycles. The number of oxime groups is 1. The van der Waals surface area contributed by atoms with Gasteiger partial charge in [-0.15, -0.1) is 0 Å². The van der Waals surface area contributed by atoms with Crippen molar-refractivity contribution in [1.29, 1.82) is 0 Å². The minimum Gasteiger partial charge on any atom is -0.481 e. The van der Waals surface area contributed by atoms with Crippen LogP contribution in [0.2, 0.25) is 0 Å². The molecule has 4 saturated carbocycles. The van der Waals surface area contributed by atoms with Gasteiger partial charge in [-0.2, -0.15) is 4.98 Å². The molecule has 0 amide bonds. The lowest BCUT2D eigenvalue weighted by atomic mass is 9.98. The van der Waals surface area contributed by atoms with Crippen molar-refractivity contribution >= 4 is 43.7 Å². The van der Waals surface area contributed by atoms with Crippen molar-refractivity contribution in [3.63, 3.8) is 0 Å². The summed E-state index contributed by atoms with van der Waals surface area (Å²) in [5.41, 5.74) is 6.43. The maximum Gasteiger partial charge on any atom is 0.314 e. The molecule has 0 saturated heterocycles. The number of aliphatic carboxylic acids is 1. The van der Waals surface area contributed by atoms with Crippen LogP contribution < -0.4 is 5.73 Å². The minimum absolute atomic E-state index is 0.0725. The first kappa shape index (κ1) is 26.7. The second-order valence-electron chi connectivity index (χ2n) is 10.3. The van der Waals surface area contributed by atoms with E-state index in [2.05, 4.69) is 63.2 Å². The van der Waals surface area contributed by atoms with E-state index in [1.54, 1.807) is 18.6 Å². The molecular weight excluding hydrogens is 620 g/mol. The molecule has 3 aromatic heterocycles. The summed E-state index contributed by atoms with van der Waals surface area (Å²) in [6.07, 6.45) is 15.1. The van der Waals surface area contributed by atoms with Crippen molar-refractivity contribution in [2.24, 2.45) is 16.8 Å². The van der Waals surface area contributed by atoms with Crippen LogP contribution in [0, 0.1) is 5.92 Å². The van der Waals surface area contributed by atoms with Gasteiger partial charge in [-0.3, -0.25) is 14.8 Å². The van der Waals surface area contributed by atoms with Crippen LogP contribution in [-0.4, -0.2) is 42.2 Å². The molecule has 3 aromatic rings. The average molecular weight is 648 g/mol. The number of amidine groups is 1. The number of aromatic nitrogens is 4. The number of rotatable bonds is 6. The Morgan fingerprint density at radius 2 is 1.58 bits per heavy atom. The third kappa shape index (κ3) is 5.90. The molecule has 4 N–H and O–H groups in total. The number of halogens is 2. The van der Waals surface area contributed by atoms with Crippen molar-refractivity contribution in [2.75, 3.05) is 0 Å². The molecule has 4 fully saturated rings. The zero-order valence-electron chi connectivity index (χ0n) is 20.6. The highest BCUT2D eigenvalue weighted by molar-refractivity contribution is 9.10. The van der Waals surface area contributed by atoms with Gasteiger partial charge in [-0.1, -0.05) is 10.3 Å². The Morgan fingerprint density at radius 3 is 2.03 bits per heavy atom. The number of pyridine rings is 2. The van der Waals surface area contributed by atoms with Crippen molar-refractivity contribution in [3.05, 3.63) is 68.7 Å². The van der Waals surface area contributed by atoms with Gasteiger partial charge in [0.15, 0.2) is 5.82 Å². The van der Waals surface area contributed by atoms with Crippen molar-refractivity contribution in [3.8, 4) is 0 Å². The average Bonchev–Trinajstić information content (AvgIpc) is 3.76. The van der Waals surface area contributed by atoms with Crippen LogP contribution in [0.1, 0.15) is 80.1 Å². The monoisotopic (exact) mass is 646 g/mol.